The summed E-state index contributed by atoms with van der Waals surface area (Å²) in [4.78, 5) is 0. The number of ether oxygens (including phenoxy) is 1. The Labute approximate surface area is 124 Å². The van der Waals surface area contributed by atoms with Crippen LogP contribution < -0.4 is 10.5 Å². The molecule has 0 radical (unpaired) electrons. The second-order valence-corrected chi connectivity index (χ2v) is 5.66. The van der Waals surface area contributed by atoms with E-state index in [1.54, 1.807) is 7.11 Å². The minimum absolute atomic E-state index is 0.281. The third-order valence-electron chi connectivity index (χ3n) is 4.45. The number of hydrogen-bond acceptors (Lipinski definition) is 5. The maximum atomic E-state index is 5.98. The molecule has 1 unspecified atom stereocenters. The summed E-state index contributed by atoms with van der Waals surface area (Å²) in [5.41, 5.74) is 7.42. The van der Waals surface area contributed by atoms with Gasteiger partial charge in [0.25, 0.3) is 0 Å². The number of rotatable bonds is 4. The van der Waals surface area contributed by atoms with E-state index in [2.05, 4.69) is 22.4 Å². The number of nitrogens with two attached hydrogens (primary N) is 1. The first kappa shape index (κ1) is 13.9. The standard InChI is InChI=1S/C15H21N5O/c1-10(11-6-3-4-7-11)20-15(17-18-19-20)12-8-5-9-13(16)14(12)21-2/h5,8-11H,3-4,6-7,16H2,1-2H3. The fraction of sp³-hybridized carbons (Fsp3) is 0.533. The molecule has 3 rings (SSSR count). The van der Waals surface area contributed by atoms with Crippen LogP contribution in [0.1, 0.15) is 38.6 Å². The number of hydrogen-bond donors (Lipinski definition) is 1. The van der Waals surface area contributed by atoms with Crippen molar-refractivity contribution in [2.75, 3.05) is 12.8 Å². The molecule has 2 N–H and O–H groups in total. The Balaban J connectivity index is 2.01. The maximum absolute atomic E-state index is 5.98. The summed E-state index contributed by atoms with van der Waals surface area (Å²) in [6, 6.07) is 5.94. The molecule has 21 heavy (non-hydrogen) atoms. The van der Waals surface area contributed by atoms with E-state index < -0.39 is 0 Å². The summed E-state index contributed by atoms with van der Waals surface area (Å²) in [5, 5.41) is 12.3. The van der Waals surface area contributed by atoms with Crippen LogP contribution in [0, 0.1) is 5.92 Å². The molecule has 0 spiro atoms. The summed E-state index contributed by atoms with van der Waals surface area (Å²) < 4.78 is 7.34. The van der Waals surface area contributed by atoms with E-state index in [1.165, 1.54) is 25.7 Å². The van der Waals surface area contributed by atoms with E-state index in [1.807, 2.05) is 22.9 Å². The van der Waals surface area contributed by atoms with Crippen LogP contribution in [0.5, 0.6) is 5.75 Å². The molecule has 1 atom stereocenters. The predicted octanol–water partition coefficient (Wildman–Crippen LogP) is 2.68. The predicted molar refractivity (Wildman–Crippen MR) is 80.9 cm³/mol. The highest BCUT2D eigenvalue weighted by Crippen LogP contribution is 2.38. The molecule has 2 aromatic rings. The smallest absolute Gasteiger partial charge is 0.186 e. The van der Waals surface area contributed by atoms with Crippen molar-refractivity contribution in [3.63, 3.8) is 0 Å². The minimum atomic E-state index is 0.281. The Kier molecular flexibility index (Phi) is 3.77. The van der Waals surface area contributed by atoms with E-state index in [9.17, 15) is 0 Å². The van der Waals surface area contributed by atoms with Crippen molar-refractivity contribution in [3.8, 4) is 17.1 Å². The fourth-order valence-electron chi connectivity index (χ4n) is 3.24. The number of nitrogens with zero attached hydrogens (tertiary/aromatic N) is 4. The number of benzene rings is 1. The molecule has 1 fully saturated rings. The molecular formula is C15H21N5O. The Bertz CT molecular complexity index is 618. The first-order chi connectivity index (χ1) is 10.2. The summed E-state index contributed by atoms with van der Waals surface area (Å²) in [5.74, 6) is 1.99. The van der Waals surface area contributed by atoms with Gasteiger partial charge in [-0.15, -0.1) is 5.10 Å². The normalized spacial score (nSPS) is 17.0. The number of tetrazole rings is 1. The lowest BCUT2D eigenvalue weighted by Gasteiger charge is -2.20. The van der Waals surface area contributed by atoms with Gasteiger partial charge in [0.05, 0.1) is 24.4 Å². The van der Waals surface area contributed by atoms with Gasteiger partial charge in [0.1, 0.15) is 0 Å². The van der Waals surface area contributed by atoms with Crippen LogP contribution in [0.2, 0.25) is 0 Å². The Morgan fingerprint density at radius 1 is 1.33 bits per heavy atom. The van der Waals surface area contributed by atoms with Gasteiger partial charge in [0.2, 0.25) is 0 Å². The molecule has 0 aliphatic heterocycles. The highest BCUT2D eigenvalue weighted by Gasteiger charge is 2.27. The van der Waals surface area contributed by atoms with Crippen LogP contribution in [0.15, 0.2) is 18.2 Å². The SMILES string of the molecule is COc1c(N)cccc1-c1nnnn1C(C)C1CCCC1. The van der Waals surface area contributed by atoms with Crippen molar-refractivity contribution in [1.29, 1.82) is 0 Å². The van der Waals surface area contributed by atoms with Gasteiger partial charge in [-0.1, -0.05) is 18.9 Å². The average molecular weight is 287 g/mol. The number of aromatic nitrogens is 4. The van der Waals surface area contributed by atoms with Crippen LogP contribution in [-0.4, -0.2) is 27.3 Å². The van der Waals surface area contributed by atoms with E-state index in [0.717, 1.165) is 11.4 Å². The molecule has 0 amide bonds. The summed E-state index contributed by atoms with van der Waals surface area (Å²) in [6.45, 7) is 2.19. The van der Waals surface area contributed by atoms with Gasteiger partial charge in [-0.3, -0.25) is 0 Å². The quantitative estimate of drug-likeness (QED) is 0.875. The van der Waals surface area contributed by atoms with Gasteiger partial charge in [-0.2, -0.15) is 0 Å². The lowest BCUT2D eigenvalue weighted by molar-refractivity contribution is 0.331. The topological polar surface area (TPSA) is 78.8 Å². The second kappa shape index (κ2) is 5.71. The monoisotopic (exact) mass is 287 g/mol. The molecule has 1 saturated carbocycles. The number of anilines is 1. The zero-order valence-electron chi connectivity index (χ0n) is 12.5. The van der Waals surface area contributed by atoms with Gasteiger partial charge < -0.3 is 10.5 Å². The molecule has 112 valence electrons. The fourth-order valence-corrected chi connectivity index (χ4v) is 3.24. The Morgan fingerprint density at radius 2 is 2.10 bits per heavy atom. The van der Waals surface area contributed by atoms with Crippen LogP contribution >= 0.6 is 0 Å². The van der Waals surface area contributed by atoms with Crippen molar-refractivity contribution < 1.29 is 4.74 Å². The largest absolute Gasteiger partial charge is 0.494 e. The van der Waals surface area contributed by atoms with Crippen LogP contribution in [0.25, 0.3) is 11.4 Å². The van der Waals surface area contributed by atoms with E-state index in [0.29, 0.717) is 17.4 Å². The number of para-hydroxylation sites is 1. The van der Waals surface area contributed by atoms with Gasteiger partial charge in [-0.05, 0) is 48.2 Å². The minimum Gasteiger partial charge on any atom is -0.494 e. The van der Waals surface area contributed by atoms with Crippen LogP contribution in [-0.2, 0) is 0 Å². The maximum Gasteiger partial charge on any atom is 0.186 e. The molecule has 0 saturated heterocycles. The molecule has 0 bridgehead atoms. The van der Waals surface area contributed by atoms with Crippen molar-refractivity contribution in [2.45, 2.75) is 38.6 Å². The average Bonchev–Trinajstić information content (AvgIpc) is 3.17. The third kappa shape index (κ3) is 2.46. The van der Waals surface area contributed by atoms with Crippen molar-refractivity contribution in [2.24, 2.45) is 5.92 Å². The molecule has 1 aromatic heterocycles. The van der Waals surface area contributed by atoms with Crippen LogP contribution in [0.3, 0.4) is 0 Å². The van der Waals surface area contributed by atoms with Crippen molar-refractivity contribution in [1.82, 2.24) is 20.2 Å². The van der Waals surface area contributed by atoms with Gasteiger partial charge in [0.15, 0.2) is 11.6 Å². The summed E-state index contributed by atoms with van der Waals surface area (Å²) >= 11 is 0. The van der Waals surface area contributed by atoms with Gasteiger partial charge in [-0.25, -0.2) is 4.68 Å². The van der Waals surface area contributed by atoms with E-state index in [4.69, 9.17) is 10.5 Å². The number of nitrogen functional groups attached to an aromatic ring is 1. The van der Waals surface area contributed by atoms with E-state index >= 15 is 0 Å². The Morgan fingerprint density at radius 3 is 2.81 bits per heavy atom. The molecule has 1 aliphatic carbocycles. The summed E-state index contributed by atoms with van der Waals surface area (Å²) in [6.07, 6.45) is 5.09. The lowest BCUT2D eigenvalue weighted by Crippen LogP contribution is -2.17. The van der Waals surface area contributed by atoms with Crippen molar-refractivity contribution >= 4 is 5.69 Å². The highest BCUT2D eigenvalue weighted by atomic mass is 16.5. The first-order valence-corrected chi connectivity index (χ1v) is 7.43. The molecule has 6 nitrogen and oxygen atoms in total. The third-order valence-corrected chi connectivity index (χ3v) is 4.45. The molecule has 1 heterocycles. The molecule has 1 aromatic carbocycles. The molecular weight excluding hydrogens is 266 g/mol. The Hall–Kier alpha value is -2.11. The van der Waals surface area contributed by atoms with Crippen LogP contribution in [0.4, 0.5) is 5.69 Å². The first-order valence-electron chi connectivity index (χ1n) is 7.43. The van der Waals surface area contributed by atoms with Gasteiger partial charge in [0, 0.05) is 0 Å². The highest BCUT2D eigenvalue weighted by molar-refractivity contribution is 5.73. The molecule has 1 aliphatic rings. The molecule has 6 heteroatoms. The zero-order chi connectivity index (χ0) is 14.8. The van der Waals surface area contributed by atoms with Crippen molar-refractivity contribution in [3.05, 3.63) is 18.2 Å². The summed E-state index contributed by atoms with van der Waals surface area (Å²) in [7, 11) is 1.61. The lowest BCUT2D eigenvalue weighted by atomic mass is 9.99. The number of methoxy groups -OCH3 is 1. The second-order valence-electron chi connectivity index (χ2n) is 5.66. The van der Waals surface area contributed by atoms with Gasteiger partial charge >= 0.3 is 0 Å². The zero-order valence-corrected chi connectivity index (χ0v) is 12.5. The van der Waals surface area contributed by atoms with E-state index in [-0.39, 0.29) is 6.04 Å².